The van der Waals surface area contributed by atoms with Crippen LogP contribution in [0.25, 0.3) is 0 Å². The lowest BCUT2D eigenvalue weighted by atomic mass is 10.0. The summed E-state index contributed by atoms with van der Waals surface area (Å²) in [5.74, 6) is 1.30. The molecule has 182 valence electrons. The molecule has 1 aromatic heterocycles. The van der Waals surface area contributed by atoms with Gasteiger partial charge in [-0.05, 0) is 56.9 Å². The van der Waals surface area contributed by atoms with Gasteiger partial charge in [0.05, 0.1) is 5.75 Å². The molecular weight excluding hydrogens is 470 g/mol. The van der Waals surface area contributed by atoms with Crippen LogP contribution in [0.3, 0.4) is 0 Å². The van der Waals surface area contributed by atoms with E-state index in [1.54, 1.807) is 6.07 Å². The van der Waals surface area contributed by atoms with E-state index in [2.05, 4.69) is 27.1 Å². The molecule has 4 rings (SSSR count). The topological polar surface area (TPSA) is 78.4 Å². The van der Waals surface area contributed by atoms with Gasteiger partial charge in [0.25, 0.3) is 0 Å². The Morgan fingerprint density at radius 1 is 1.12 bits per heavy atom. The first-order valence-electron chi connectivity index (χ1n) is 11.9. The summed E-state index contributed by atoms with van der Waals surface area (Å²) < 4.78 is 0. The van der Waals surface area contributed by atoms with E-state index in [1.165, 1.54) is 17.3 Å². The summed E-state index contributed by atoms with van der Waals surface area (Å²) in [6, 6.07) is 7.71. The van der Waals surface area contributed by atoms with E-state index in [4.69, 9.17) is 11.6 Å². The molecule has 1 saturated carbocycles. The van der Waals surface area contributed by atoms with Gasteiger partial charge in [-0.3, -0.25) is 9.59 Å². The molecule has 0 bridgehead atoms. The minimum absolute atomic E-state index is 0.107. The molecule has 0 spiro atoms. The van der Waals surface area contributed by atoms with E-state index < -0.39 is 0 Å². The summed E-state index contributed by atoms with van der Waals surface area (Å²) >= 11 is 7.55. The quantitative estimate of drug-likeness (QED) is 0.351. The largest absolute Gasteiger partial charge is 0.353 e. The maximum atomic E-state index is 12.9. The van der Waals surface area contributed by atoms with Gasteiger partial charge in [-0.1, -0.05) is 42.3 Å². The number of rotatable bonds is 6. The van der Waals surface area contributed by atoms with Crippen LogP contribution >= 0.6 is 23.4 Å². The minimum Gasteiger partial charge on any atom is -0.353 e. The first kappa shape index (κ1) is 24.8. The van der Waals surface area contributed by atoms with Crippen molar-refractivity contribution in [2.24, 2.45) is 5.92 Å². The summed E-state index contributed by atoms with van der Waals surface area (Å²) in [4.78, 5) is 38.5. The minimum atomic E-state index is -0.119. The van der Waals surface area contributed by atoms with Crippen molar-refractivity contribution >= 4 is 46.7 Å². The van der Waals surface area contributed by atoms with E-state index in [9.17, 15) is 9.59 Å². The van der Waals surface area contributed by atoms with Gasteiger partial charge in [-0.2, -0.15) is 0 Å². The predicted octanol–water partition coefficient (Wildman–Crippen LogP) is 4.70. The van der Waals surface area contributed by atoms with Gasteiger partial charge in [0.15, 0.2) is 5.16 Å². The maximum Gasteiger partial charge on any atom is 0.234 e. The van der Waals surface area contributed by atoms with Crippen LogP contribution in [0.4, 0.5) is 11.5 Å². The van der Waals surface area contributed by atoms with Crippen molar-refractivity contribution in [3.05, 3.63) is 40.5 Å². The molecule has 1 unspecified atom stereocenters. The van der Waals surface area contributed by atoms with Crippen LogP contribution < -0.4 is 10.2 Å². The van der Waals surface area contributed by atoms with E-state index in [1.807, 2.05) is 36.9 Å². The average Bonchev–Trinajstić information content (AvgIpc) is 3.34. The number of halogens is 1. The summed E-state index contributed by atoms with van der Waals surface area (Å²) in [5, 5.41) is 3.73. The molecule has 7 nitrogen and oxygen atoms in total. The van der Waals surface area contributed by atoms with Crippen molar-refractivity contribution < 1.29 is 9.59 Å². The van der Waals surface area contributed by atoms with Crippen LogP contribution in [0.15, 0.2) is 29.4 Å². The lowest BCUT2D eigenvalue weighted by Gasteiger charge is -2.41. The molecule has 1 aromatic carbocycles. The van der Waals surface area contributed by atoms with Crippen LogP contribution in [-0.4, -0.2) is 58.1 Å². The monoisotopic (exact) mass is 501 g/mol. The predicted molar refractivity (Wildman–Crippen MR) is 138 cm³/mol. The molecule has 2 aromatic rings. The number of nitrogens with zero attached hydrogens (tertiary/aromatic N) is 4. The van der Waals surface area contributed by atoms with Crippen LogP contribution in [0.5, 0.6) is 0 Å². The van der Waals surface area contributed by atoms with Crippen molar-refractivity contribution in [2.45, 2.75) is 57.7 Å². The summed E-state index contributed by atoms with van der Waals surface area (Å²) in [5.41, 5.74) is 3.10. The zero-order valence-electron chi connectivity index (χ0n) is 20.0. The second-order valence-corrected chi connectivity index (χ2v) is 10.6. The highest BCUT2D eigenvalue weighted by Gasteiger charge is 2.33. The van der Waals surface area contributed by atoms with E-state index >= 15 is 0 Å². The maximum absolute atomic E-state index is 12.9. The number of carbonyl (C=O) groups excluding carboxylic acids is 2. The smallest absolute Gasteiger partial charge is 0.234 e. The lowest BCUT2D eigenvalue weighted by Crippen LogP contribution is -2.55. The second kappa shape index (κ2) is 11.0. The van der Waals surface area contributed by atoms with Crippen LogP contribution in [0.2, 0.25) is 5.15 Å². The lowest BCUT2D eigenvalue weighted by molar-refractivity contribution is -0.137. The van der Waals surface area contributed by atoms with Gasteiger partial charge < -0.3 is 15.1 Å². The molecule has 34 heavy (non-hydrogen) atoms. The number of amides is 2. The fourth-order valence-corrected chi connectivity index (χ4v) is 5.54. The van der Waals surface area contributed by atoms with E-state index in [-0.39, 0.29) is 23.6 Å². The van der Waals surface area contributed by atoms with E-state index in [0.29, 0.717) is 35.9 Å². The molecule has 1 N–H and O–H groups in total. The number of carbonyl (C=O) groups is 2. The van der Waals surface area contributed by atoms with Gasteiger partial charge in [0.1, 0.15) is 11.0 Å². The molecule has 2 amide bonds. The highest BCUT2D eigenvalue weighted by atomic mass is 35.5. The highest BCUT2D eigenvalue weighted by molar-refractivity contribution is 7.99. The Kier molecular flexibility index (Phi) is 7.99. The molecule has 0 radical (unpaired) electrons. The number of thioether (sulfide) groups is 1. The number of benzene rings is 1. The summed E-state index contributed by atoms with van der Waals surface area (Å²) in [6.07, 6.45) is 4.36. The SMILES string of the molecule is Cc1ccc(NC(=O)CSc2nc(Cl)cc(N3CCN(C(=O)C4CCCC4)C(C)C3)n2)cc1C. The first-order valence-corrected chi connectivity index (χ1v) is 13.3. The summed E-state index contributed by atoms with van der Waals surface area (Å²) in [6.45, 7) is 8.23. The number of aryl methyl sites for hydroxylation is 2. The molecule has 1 aliphatic carbocycles. The molecule has 2 heterocycles. The number of hydrogen-bond acceptors (Lipinski definition) is 6. The Morgan fingerprint density at radius 2 is 1.88 bits per heavy atom. The number of piperazine rings is 1. The molecule has 9 heteroatoms. The zero-order valence-corrected chi connectivity index (χ0v) is 21.6. The number of hydrogen-bond donors (Lipinski definition) is 1. The molecule has 1 saturated heterocycles. The van der Waals surface area contributed by atoms with Crippen molar-refractivity contribution in [1.82, 2.24) is 14.9 Å². The Bertz CT molecular complexity index is 1060. The molecule has 2 fully saturated rings. The summed E-state index contributed by atoms with van der Waals surface area (Å²) in [7, 11) is 0. The third-order valence-corrected chi connectivity index (χ3v) is 7.76. The highest BCUT2D eigenvalue weighted by Crippen LogP contribution is 2.29. The van der Waals surface area contributed by atoms with Crippen LogP contribution in [0.1, 0.15) is 43.7 Å². The van der Waals surface area contributed by atoms with Gasteiger partial charge in [0.2, 0.25) is 11.8 Å². The molecule has 1 atom stereocenters. The van der Waals surface area contributed by atoms with Crippen LogP contribution in [-0.2, 0) is 9.59 Å². The van der Waals surface area contributed by atoms with Crippen molar-refractivity contribution in [3.63, 3.8) is 0 Å². The van der Waals surface area contributed by atoms with Crippen molar-refractivity contribution in [3.8, 4) is 0 Å². The zero-order chi connectivity index (χ0) is 24.2. The number of nitrogens with one attached hydrogen (secondary N) is 1. The van der Waals surface area contributed by atoms with Gasteiger partial charge in [-0.25, -0.2) is 9.97 Å². The third kappa shape index (κ3) is 6.02. The van der Waals surface area contributed by atoms with Gasteiger partial charge in [-0.15, -0.1) is 0 Å². The van der Waals surface area contributed by atoms with Gasteiger partial charge >= 0.3 is 0 Å². The first-order chi connectivity index (χ1) is 16.3. The number of anilines is 2. The fourth-order valence-electron chi connectivity index (χ4n) is 4.66. The third-order valence-electron chi connectivity index (χ3n) is 6.72. The fraction of sp³-hybridized carbons (Fsp3) is 0.520. The second-order valence-electron chi connectivity index (χ2n) is 9.28. The number of aromatic nitrogens is 2. The van der Waals surface area contributed by atoms with Crippen LogP contribution in [0, 0.1) is 19.8 Å². The molecular formula is C25H32ClN5O2S. The molecule has 1 aliphatic heterocycles. The van der Waals surface area contributed by atoms with Crippen molar-refractivity contribution in [1.29, 1.82) is 0 Å². The average molecular weight is 502 g/mol. The standard InChI is InChI=1S/C25H32ClN5O2S/c1-16-8-9-20(12-17(16)2)27-23(32)15-34-25-28-21(26)13-22(29-25)30-10-11-31(18(3)14-30)24(33)19-6-4-5-7-19/h8-9,12-13,18-19H,4-7,10-11,14-15H2,1-3H3,(H,27,32). The Hall–Kier alpha value is -2.32. The Balaban J connectivity index is 1.35. The normalized spacial score (nSPS) is 18.9. The van der Waals surface area contributed by atoms with Gasteiger partial charge in [0, 0.05) is 43.3 Å². The Morgan fingerprint density at radius 3 is 2.59 bits per heavy atom. The molecule has 2 aliphatic rings. The Labute approximate surface area is 210 Å². The van der Waals surface area contributed by atoms with E-state index in [0.717, 1.165) is 42.8 Å². The van der Waals surface area contributed by atoms with Crippen molar-refractivity contribution in [2.75, 3.05) is 35.6 Å².